The van der Waals surface area contributed by atoms with Crippen molar-refractivity contribution < 1.29 is 0 Å². The number of nitrogens with zero attached hydrogens (tertiary/aromatic N) is 2. The Kier molecular flexibility index (Phi) is 0.889. The largest absolute Gasteiger partial charge is 0.346 e. The molecule has 12 heavy (non-hydrogen) atoms. The molecule has 0 fully saturated rings. The van der Waals surface area contributed by atoms with Crippen LogP contribution in [0.5, 0.6) is 0 Å². The first-order chi connectivity index (χ1) is 5.95. The molecule has 4 nitrogen and oxygen atoms in total. The van der Waals surface area contributed by atoms with Crippen LogP contribution in [0.25, 0.3) is 22.1 Å². The van der Waals surface area contributed by atoms with Gasteiger partial charge in [-0.15, -0.1) is 0 Å². The third-order valence-corrected chi connectivity index (χ3v) is 1.92. The third-order valence-electron chi connectivity index (χ3n) is 1.92. The van der Waals surface area contributed by atoms with Crippen LogP contribution in [0.3, 0.4) is 0 Å². The third kappa shape index (κ3) is 0.567. The number of H-pyrrole nitrogens is 2. The van der Waals surface area contributed by atoms with E-state index in [-0.39, 0.29) is 0 Å². The molecule has 0 unspecified atom stereocenters. The molecule has 1 radical (unpaired) electrons. The Hall–Kier alpha value is -1.84. The zero-order valence-electron chi connectivity index (χ0n) is 6.13. The number of aromatic amines is 2. The molecule has 0 saturated carbocycles. The number of imidazole rings is 1. The Bertz CT molecular complexity index is 484. The van der Waals surface area contributed by atoms with E-state index in [0.29, 0.717) is 0 Å². The second-order valence-electron chi connectivity index (χ2n) is 2.61. The minimum Gasteiger partial charge on any atom is -0.346 e. The summed E-state index contributed by atoms with van der Waals surface area (Å²) in [5.74, 6) is 0. The smallest absolute Gasteiger partial charge is 0.174 e. The summed E-state index contributed by atoms with van der Waals surface area (Å²) in [6.07, 6.45) is 6.27. The number of rotatable bonds is 0. The van der Waals surface area contributed by atoms with Gasteiger partial charge >= 0.3 is 0 Å². The fourth-order valence-electron chi connectivity index (χ4n) is 1.36. The Labute approximate surface area is 67.7 Å². The van der Waals surface area contributed by atoms with Gasteiger partial charge in [0.2, 0.25) is 0 Å². The van der Waals surface area contributed by atoms with Crippen LogP contribution in [0.2, 0.25) is 0 Å². The van der Waals surface area contributed by atoms with Crippen molar-refractivity contribution in [2.45, 2.75) is 0 Å². The van der Waals surface area contributed by atoms with Gasteiger partial charge in [-0.05, 0) is 6.07 Å². The van der Waals surface area contributed by atoms with Gasteiger partial charge in [0.1, 0.15) is 11.2 Å². The van der Waals surface area contributed by atoms with Crippen molar-refractivity contribution in [3.05, 3.63) is 24.8 Å². The average molecular weight is 157 g/mol. The lowest BCUT2D eigenvalue weighted by Crippen LogP contribution is -1.77. The normalized spacial score (nSPS) is 11.3. The molecule has 4 heteroatoms. The van der Waals surface area contributed by atoms with Gasteiger partial charge in [-0.2, -0.15) is 0 Å². The quantitative estimate of drug-likeness (QED) is 0.515. The highest BCUT2D eigenvalue weighted by Gasteiger charge is 2.02. The zero-order valence-corrected chi connectivity index (χ0v) is 6.13. The molecule has 2 N–H and O–H groups in total. The first-order valence-electron chi connectivity index (χ1n) is 3.63. The minimum absolute atomic E-state index is 0.849. The van der Waals surface area contributed by atoms with Crippen LogP contribution >= 0.6 is 0 Å². The number of pyridine rings is 1. The van der Waals surface area contributed by atoms with Crippen molar-refractivity contribution >= 4 is 22.1 Å². The zero-order chi connectivity index (χ0) is 7.97. The molecule has 3 aromatic rings. The van der Waals surface area contributed by atoms with E-state index >= 15 is 0 Å². The monoisotopic (exact) mass is 157 g/mol. The standard InChI is InChI=1S/C8H5N4/c1-2-9-8-5(1)7-6(3-10-8)11-4-12-7/h1-3H,(H,9,10)(H,11,12). The molecule has 0 spiro atoms. The SMILES string of the molecule is [c]1nc2cnc3[nH]ccc3c2[nH]1. The molecule has 0 aliphatic rings. The highest BCUT2D eigenvalue weighted by molar-refractivity contribution is 6.00. The second kappa shape index (κ2) is 1.85. The highest BCUT2D eigenvalue weighted by Crippen LogP contribution is 2.18. The molecule has 0 atom stereocenters. The Morgan fingerprint density at radius 1 is 1.42 bits per heavy atom. The maximum absolute atomic E-state index is 4.18. The first kappa shape index (κ1) is 5.77. The predicted octanol–water partition coefficient (Wildman–Crippen LogP) is 1.24. The van der Waals surface area contributed by atoms with E-state index in [0.717, 1.165) is 22.1 Å². The summed E-state index contributed by atoms with van der Waals surface area (Å²) in [6, 6.07) is 1.97. The molecule has 57 valence electrons. The van der Waals surface area contributed by atoms with E-state index in [1.807, 2.05) is 12.3 Å². The van der Waals surface area contributed by atoms with Crippen molar-refractivity contribution in [3.8, 4) is 0 Å². The molecule has 0 aliphatic carbocycles. The van der Waals surface area contributed by atoms with Crippen LogP contribution in [0.1, 0.15) is 0 Å². The molecular weight excluding hydrogens is 152 g/mol. The summed E-state index contributed by atoms with van der Waals surface area (Å²) in [4.78, 5) is 14.2. The summed E-state index contributed by atoms with van der Waals surface area (Å²) in [5, 5.41) is 1.06. The van der Waals surface area contributed by atoms with E-state index in [2.05, 4.69) is 26.3 Å². The van der Waals surface area contributed by atoms with Gasteiger partial charge < -0.3 is 9.97 Å². The van der Waals surface area contributed by atoms with Crippen LogP contribution < -0.4 is 0 Å². The van der Waals surface area contributed by atoms with E-state index < -0.39 is 0 Å². The lowest BCUT2D eigenvalue weighted by Gasteiger charge is -1.89. The fourth-order valence-corrected chi connectivity index (χ4v) is 1.36. The maximum Gasteiger partial charge on any atom is 0.174 e. The van der Waals surface area contributed by atoms with E-state index in [1.54, 1.807) is 6.20 Å². The van der Waals surface area contributed by atoms with Crippen molar-refractivity contribution in [2.24, 2.45) is 0 Å². The van der Waals surface area contributed by atoms with Crippen molar-refractivity contribution in [1.29, 1.82) is 0 Å². The molecule has 0 amide bonds. The predicted molar refractivity (Wildman–Crippen MR) is 44.6 cm³/mol. The number of aromatic nitrogens is 4. The summed E-state index contributed by atoms with van der Waals surface area (Å²) in [6.45, 7) is 0. The summed E-state index contributed by atoms with van der Waals surface area (Å²) < 4.78 is 0. The van der Waals surface area contributed by atoms with Gasteiger partial charge in [0.05, 0.1) is 11.7 Å². The molecule has 3 aromatic heterocycles. The first-order valence-corrected chi connectivity index (χ1v) is 3.63. The number of nitrogens with one attached hydrogen (secondary N) is 2. The lowest BCUT2D eigenvalue weighted by atomic mass is 10.3. The highest BCUT2D eigenvalue weighted by atomic mass is 14.9. The van der Waals surface area contributed by atoms with E-state index in [4.69, 9.17) is 0 Å². The van der Waals surface area contributed by atoms with Gasteiger partial charge in [-0.1, -0.05) is 0 Å². The fraction of sp³-hybridized carbons (Fsp3) is 0. The number of hydrogen-bond donors (Lipinski definition) is 2. The molecule has 0 bridgehead atoms. The Morgan fingerprint density at radius 2 is 2.42 bits per heavy atom. The van der Waals surface area contributed by atoms with Crippen molar-refractivity contribution in [3.63, 3.8) is 0 Å². The van der Waals surface area contributed by atoms with Crippen molar-refractivity contribution in [1.82, 2.24) is 19.9 Å². The molecule has 3 heterocycles. The molecule has 0 saturated heterocycles. The van der Waals surface area contributed by atoms with Gasteiger partial charge in [-0.25, -0.2) is 9.97 Å². The van der Waals surface area contributed by atoms with Gasteiger partial charge in [0.25, 0.3) is 0 Å². The van der Waals surface area contributed by atoms with Crippen LogP contribution in [-0.2, 0) is 0 Å². The van der Waals surface area contributed by atoms with E-state index in [1.165, 1.54) is 0 Å². The van der Waals surface area contributed by atoms with Gasteiger partial charge in [0.15, 0.2) is 6.33 Å². The molecular formula is C8H5N4. The van der Waals surface area contributed by atoms with Gasteiger partial charge in [0, 0.05) is 11.6 Å². The topological polar surface area (TPSA) is 57.4 Å². The maximum atomic E-state index is 4.18. The summed E-state index contributed by atoms with van der Waals surface area (Å²) >= 11 is 0. The van der Waals surface area contributed by atoms with Gasteiger partial charge in [-0.3, -0.25) is 0 Å². The van der Waals surface area contributed by atoms with Crippen LogP contribution in [-0.4, -0.2) is 19.9 Å². The van der Waals surface area contributed by atoms with E-state index in [9.17, 15) is 0 Å². The second-order valence-corrected chi connectivity index (χ2v) is 2.61. The average Bonchev–Trinajstić information content (AvgIpc) is 2.71. The summed E-state index contributed by atoms with van der Waals surface area (Å²) in [7, 11) is 0. The van der Waals surface area contributed by atoms with Crippen LogP contribution in [0.15, 0.2) is 18.5 Å². The van der Waals surface area contributed by atoms with Crippen LogP contribution in [0, 0.1) is 6.33 Å². The number of fused-ring (bicyclic) bond motifs is 3. The minimum atomic E-state index is 0.849. The Morgan fingerprint density at radius 3 is 3.42 bits per heavy atom. The Balaban J connectivity index is 2.71. The van der Waals surface area contributed by atoms with Crippen molar-refractivity contribution in [2.75, 3.05) is 0 Å². The molecule has 0 aliphatic heterocycles. The summed E-state index contributed by atoms with van der Waals surface area (Å²) in [5.41, 5.74) is 2.71. The molecule has 0 aromatic carbocycles. The number of hydrogen-bond acceptors (Lipinski definition) is 2. The lowest BCUT2D eigenvalue weighted by molar-refractivity contribution is 1.31. The molecule has 3 rings (SSSR count). The van der Waals surface area contributed by atoms with Crippen LogP contribution in [0.4, 0.5) is 0 Å².